The largest absolute Gasteiger partial charge is 0.508 e. The van der Waals surface area contributed by atoms with Crippen LogP contribution in [0.1, 0.15) is 24.0 Å². The Kier molecular flexibility index (Phi) is 5.94. The molecule has 0 aliphatic carbocycles. The molecule has 6 heteroatoms. The molecule has 0 atom stereocenters. The van der Waals surface area contributed by atoms with Gasteiger partial charge in [-0.3, -0.25) is 4.90 Å². The number of phenols is 1. The number of hydrogen-bond acceptors (Lipinski definition) is 6. The van der Waals surface area contributed by atoms with Gasteiger partial charge in [-0.1, -0.05) is 68.8 Å². The van der Waals surface area contributed by atoms with Crippen molar-refractivity contribution in [2.24, 2.45) is 0 Å². The molecule has 0 amide bonds. The first-order valence-corrected chi connectivity index (χ1v) is 12.0. The molecule has 28 heavy (non-hydrogen) atoms. The summed E-state index contributed by atoms with van der Waals surface area (Å²) in [4.78, 5) is 3.48. The monoisotopic (exact) mass is 429 g/mol. The van der Waals surface area contributed by atoms with Gasteiger partial charge in [0.25, 0.3) is 0 Å². The van der Waals surface area contributed by atoms with E-state index in [9.17, 15) is 10.2 Å². The standard InChI is InChI=1S/C22H23NO2S3/c1-14-2-4-15(5-3-14)21-20(22(26)28-27-21)16-6-7-19(25)17(12-16)13-23-10-8-18(24)9-11-23/h2-7,12,18,24-25H,8-11,13H2,1H3. The second-order valence-corrected chi connectivity index (χ2v) is 10.2. The van der Waals surface area contributed by atoms with Crippen molar-refractivity contribution >= 4 is 32.9 Å². The summed E-state index contributed by atoms with van der Waals surface area (Å²) in [5, 5.41) is 20.1. The quantitative estimate of drug-likeness (QED) is 0.404. The smallest absolute Gasteiger partial charge is 0.120 e. The molecule has 3 aromatic rings. The van der Waals surface area contributed by atoms with Gasteiger partial charge in [-0.2, -0.15) is 0 Å². The first kappa shape index (κ1) is 19.7. The summed E-state index contributed by atoms with van der Waals surface area (Å²) >= 11 is 5.66. The summed E-state index contributed by atoms with van der Waals surface area (Å²) in [7, 11) is 3.34. The zero-order valence-corrected chi connectivity index (χ0v) is 18.2. The normalized spacial score (nSPS) is 15.8. The second kappa shape index (κ2) is 8.43. The van der Waals surface area contributed by atoms with E-state index in [0.29, 0.717) is 12.3 Å². The molecule has 1 fully saturated rings. The zero-order valence-electron chi connectivity index (χ0n) is 15.7. The number of aryl methyl sites for hydroxylation is 1. The Morgan fingerprint density at radius 2 is 1.71 bits per heavy atom. The maximum absolute atomic E-state index is 10.4. The molecule has 0 unspecified atom stereocenters. The fraction of sp³-hybridized carbons (Fsp3) is 0.318. The number of aliphatic hydroxyl groups excluding tert-OH is 1. The number of likely N-dealkylation sites (tertiary alicyclic amines) is 1. The van der Waals surface area contributed by atoms with E-state index in [1.807, 2.05) is 6.07 Å². The van der Waals surface area contributed by atoms with Crippen LogP contribution in [0.5, 0.6) is 5.75 Å². The maximum atomic E-state index is 10.4. The van der Waals surface area contributed by atoms with E-state index < -0.39 is 0 Å². The first-order chi connectivity index (χ1) is 13.5. The van der Waals surface area contributed by atoms with E-state index in [1.54, 1.807) is 26.7 Å². The van der Waals surface area contributed by atoms with Crippen molar-refractivity contribution in [1.29, 1.82) is 0 Å². The lowest BCUT2D eigenvalue weighted by atomic mass is 10.00. The minimum Gasteiger partial charge on any atom is -0.508 e. The molecule has 4 rings (SSSR count). The third-order valence-electron chi connectivity index (χ3n) is 5.26. The number of nitrogens with zero attached hydrogens (tertiary/aromatic N) is 1. The van der Waals surface area contributed by atoms with Gasteiger partial charge in [0.2, 0.25) is 0 Å². The second-order valence-electron chi connectivity index (χ2n) is 7.38. The highest BCUT2D eigenvalue weighted by Gasteiger charge is 2.19. The highest BCUT2D eigenvalue weighted by molar-refractivity contribution is 7.80. The Balaban J connectivity index is 1.68. The number of phenolic OH excluding ortho intramolecular Hbond substituents is 1. The van der Waals surface area contributed by atoms with E-state index in [-0.39, 0.29) is 6.10 Å². The molecule has 2 aromatic carbocycles. The summed E-state index contributed by atoms with van der Waals surface area (Å²) in [5.74, 6) is 0.316. The van der Waals surface area contributed by atoms with Gasteiger partial charge in [-0.15, -0.1) is 0 Å². The summed E-state index contributed by atoms with van der Waals surface area (Å²) in [6, 6.07) is 14.3. The van der Waals surface area contributed by atoms with Crippen LogP contribution in [0.25, 0.3) is 21.6 Å². The molecule has 3 nitrogen and oxygen atoms in total. The molecule has 2 heterocycles. The van der Waals surface area contributed by atoms with Crippen LogP contribution in [-0.4, -0.2) is 34.3 Å². The molecular weight excluding hydrogens is 406 g/mol. The zero-order chi connectivity index (χ0) is 19.7. The number of aliphatic hydroxyl groups is 1. The number of hydrogen-bond donors (Lipinski definition) is 2. The topological polar surface area (TPSA) is 43.7 Å². The van der Waals surface area contributed by atoms with Crippen LogP contribution >= 0.6 is 32.9 Å². The predicted octanol–water partition coefficient (Wildman–Crippen LogP) is 5.84. The van der Waals surface area contributed by atoms with Crippen molar-refractivity contribution in [3.63, 3.8) is 0 Å². The maximum Gasteiger partial charge on any atom is 0.120 e. The molecule has 146 valence electrons. The molecule has 1 aromatic heterocycles. The molecular formula is C22H23NO2S3. The van der Waals surface area contributed by atoms with Gasteiger partial charge in [0.05, 0.1) is 11.0 Å². The first-order valence-electron chi connectivity index (χ1n) is 9.44. The van der Waals surface area contributed by atoms with Crippen molar-refractivity contribution in [2.75, 3.05) is 13.1 Å². The van der Waals surface area contributed by atoms with Crippen LogP contribution in [-0.2, 0) is 6.54 Å². The number of piperidine rings is 1. The lowest BCUT2D eigenvalue weighted by Gasteiger charge is -2.29. The SMILES string of the molecule is Cc1ccc(-c2ssc(=S)c2-c2ccc(O)c(CN3CCC(O)CC3)c2)cc1. The predicted molar refractivity (Wildman–Crippen MR) is 121 cm³/mol. The van der Waals surface area contributed by atoms with Gasteiger partial charge in [0.1, 0.15) is 9.57 Å². The van der Waals surface area contributed by atoms with E-state index >= 15 is 0 Å². The van der Waals surface area contributed by atoms with Gasteiger partial charge in [0, 0.05) is 30.8 Å². The average molecular weight is 430 g/mol. The molecule has 0 saturated carbocycles. The lowest BCUT2D eigenvalue weighted by molar-refractivity contribution is 0.0789. The summed E-state index contributed by atoms with van der Waals surface area (Å²) < 4.78 is 0.887. The Labute approximate surface area is 177 Å². The molecule has 1 aliphatic rings. The molecule has 1 aliphatic heterocycles. The van der Waals surface area contributed by atoms with Crippen molar-refractivity contribution in [2.45, 2.75) is 32.4 Å². The molecule has 0 radical (unpaired) electrons. The molecule has 0 bridgehead atoms. The fourth-order valence-electron chi connectivity index (χ4n) is 3.59. The Hall–Kier alpha value is -1.57. The molecule has 1 saturated heterocycles. The number of benzene rings is 2. The third-order valence-corrected chi connectivity index (χ3v) is 8.33. The minimum atomic E-state index is -0.191. The Morgan fingerprint density at radius 1 is 1.04 bits per heavy atom. The van der Waals surface area contributed by atoms with E-state index in [0.717, 1.165) is 46.4 Å². The summed E-state index contributed by atoms with van der Waals surface area (Å²) in [6.45, 7) is 4.48. The number of aromatic hydroxyl groups is 1. The van der Waals surface area contributed by atoms with Crippen molar-refractivity contribution in [3.8, 4) is 27.3 Å². The minimum absolute atomic E-state index is 0.191. The van der Waals surface area contributed by atoms with Crippen LogP contribution in [0, 0.1) is 10.7 Å². The molecule has 2 N–H and O–H groups in total. The van der Waals surface area contributed by atoms with Crippen molar-refractivity contribution in [3.05, 3.63) is 57.4 Å². The van der Waals surface area contributed by atoms with Crippen molar-refractivity contribution < 1.29 is 10.2 Å². The van der Waals surface area contributed by atoms with Crippen LogP contribution < -0.4 is 0 Å². The summed E-state index contributed by atoms with van der Waals surface area (Å²) in [6.07, 6.45) is 1.39. The van der Waals surface area contributed by atoms with Crippen LogP contribution in [0.2, 0.25) is 0 Å². The fourth-order valence-corrected chi connectivity index (χ4v) is 6.51. The van der Waals surface area contributed by atoms with Gasteiger partial charge >= 0.3 is 0 Å². The number of rotatable bonds is 4. The van der Waals surface area contributed by atoms with Crippen molar-refractivity contribution in [1.82, 2.24) is 4.90 Å². The van der Waals surface area contributed by atoms with E-state index in [2.05, 4.69) is 42.2 Å². The van der Waals surface area contributed by atoms with Gasteiger partial charge in [0.15, 0.2) is 0 Å². The Bertz CT molecular complexity index is 1020. The van der Waals surface area contributed by atoms with Crippen LogP contribution in [0.4, 0.5) is 0 Å². The van der Waals surface area contributed by atoms with Crippen LogP contribution in [0.15, 0.2) is 42.5 Å². The Morgan fingerprint density at radius 3 is 2.43 bits per heavy atom. The van der Waals surface area contributed by atoms with Gasteiger partial charge < -0.3 is 10.2 Å². The van der Waals surface area contributed by atoms with E-state index in [4.69, 9.17) is 12.2 Å². The summed E-state index contributed by atoms with van der Waals surface area (Å²) in [5.41, 5.74) is 5.47. The third kappa shape index (κ3) is 4.21. The highest BCUT2D eigenvalue weighted by Crippen LogP contribution is 2.42. The molecule has 0 spiro atoms. The van der Waals surface area contributed by atoms with Gasteiger partial charge in [-0.25, -0.2) is 0 Å². The average Bonchev–Trinajstić information content (AvgIpc) is 3.07. The highest BCUT2D eigenvalue weighted by atomic mass is 32.9. The van der Waals surface area contributed by atoms with E-state index in [1.165, 1.54) is 16.0 Å². The van der Waals surface area contributed by atoms with Crippen LogP contribution in [0.3, 0.4) is 0 Å². The lowest BCUT2D eigenvalue weighted by Crippen LogP contribution is -2.35. The van der Waals surface area contributed by atoms with Gasteiger partial charge in [-0.05, 0) is 43.0 Å².